The molecular formula is C9H18N2O. The molecule has 0 saturated heterocycles. The molecule has 70 valence electrons. The molecule has 0 unspecified atom stereocenters. The first-order valence-electron chi connectivity index (χ1n) is 4.66. The van der Waals surface area contributed by atoms with Crippen LogP contribution in [0.3, 0.4) is 0 Å². The number of rotatable bonds is 4. The maximum Gasteiger partial charge on any atom is 0.221 e. The van der Waals surface area contributed by atoms with E-state index in [4.69, 9.17) is 0 Å². The highest BCUT2D eigenvalue weighted by molar-refractivity contribution is 5.76. The van der Waals surface area contributed by atoms with Crippen molar-refractivity contribution in [1.29, 1.82) is 0 Å². The Morgan fingerprint density at radius 2 is 2.17 bits per heavy atom. The Morgan fingerprint density at radius 1 is 1.50 bits per heavy atom. The van der Waals surface area contributed by atoms with E-state index in [-0.39, 0.29) is 5.91 Å². The Kier molecular flexibility index (Phi) is 3.53. The zero-order valence-electron chi connectivity index (χ0n) is 7.89. The fourth-order valence-electron chi connectivity index (χ4n) is 1.56. The predicted octanol–water partition coefficient (Wildman–Crippen LogP) is 0.511. The van der Waals surface area contributed by atoms with Crippen molar-refractivity contribution in [3.63, 3.8) is 0 Å². The molecule has 0 aliphatic heterocycles. The van der Waals surface area contributed by atoms with Gasteiger partial charge in [-0.15, -0.1) is 0 Å². The second-order valence-corrected chi connectivity index (χ2v) is 3.69. The number of amides is 1. The first-order chi connectivity index (χ1) is 5.72. The summed E-state index contributed by atoms with van der Waals surface area (Å²) in [5, 5.41) is 5.96. The van der Waals surface area contributed by atoms with Gasteiger partial charge < -0.3 is 10.6 Å². The summed E-state index contributed by atoms with van der Waals surface area (Å²) in [6, 6.07) is 0.462. The van der Waals surface area contributed by atoms with Gasteiger partial charge in [-0.2, -0.15) is 0 Å². The van der Waals surface area contributed by atoms with Gasteiger partial charge in [0.2, 0.25) is 5.91 Å². The van der Waals surface area contributed by atoms with Gasteiger partial charge in [0.15, 0.2) is 0 Å². The molecule has 0 heterocycles. The molecule has 0 radical (unpaired) electrons. The van der Waals surface area contributed by atoms with Gasteiger partial charge in [0.25, 0.3) is 0 Å². The molecule has 1 fully saturated rings. The summed E-state index contributed by atoms with van der Waals surface area (Å²) in [6.45, 7) is 2.99. The molecule has 0 atom stereocenters. The first-order valence-corrected chi connectivity index (χ1v) is 4.66. The number of nitrogens with one attached hydrogen (secondary N) is 2. The van der Waals surface area contributed by atoms with Crippen molar-refractivity contribution in [2.45, 2.75) is 32.2 Å². The largest absolute Gasteiger partial charge is 0.353 e. The lowest BCUT2D eigenvalue weighted by molar-refractivity contribution is -0.122. The van der Waals surface area contributed by atoms with Crippen molar-refractivity contribution in [3.8, 4) is 0 Å². The van der Waals surface area contributed by atoms with Gasteiger partial charge in [-0.05, 0) is 25.8 Å². The smallest absolute Gasteiger partial charge is 0.221 e. The molecule has 0 aromatic carbocycles. The van der Waals surface area contributed by atoms with Crippen LogP contribution in [0.2, 0.25) is 0 Å². The van der Waals surface area contributed by atoms with Crippen molar-refractivity contribution in [3.05, 3.63) is 0 Å². The summed E-state index contributed by atoms with van der Waals surface area (Å²) in [4.78, 5) is 11.2. The third-order valence-corrected chi connectivity index (χ3v) is 2.34. The lowest BCUT2D eigenvalue weighted by atomic mass is 9.82. The normalized spacial score (nSPS) is 27.8. The molecule has 12 heavy (non-hydrogen) atoms. The van der Waals surface area contributed by atoms with Gasteiger partial charge in [0, 0.05) is 19.0 Å². The molecule has 1 aliphatic rings. The summed E-state index contributed by atoms with van der Waals surface area (Å²) in [7, 11) is 1.86. The third-order valence-electron chi connectivity index (χ3n) is 2.34. The van der Waals surface area contributed by atoms with E-state index in [1.165, 1.54) is 0 Å². The minimum absolute atomic E-state index is 0.182. The number of carbonyl (C=O) groups excluding carboxylic acids is 1. The number of hydrogen-bond donors (Lipinski definition) is 2. The van der Waals surface area contributed by atoms with Crippen LogP contribution in [0.25, 0.3) is 0 Å². The molecule has 1 aliphatic carbocycles. The topological polar surface area (TPSA) is 41.1 Å². The van der Waals surface area contributed by atoms with Gasteiger partial charge in [-0.1, -0.05) is 6.92 Å². The van der Waals surface area contributed by atoms with Gasteiger partial charge in [0.05, 0.1) is 0 Å². The molecule has 1 amide bonds. The molecule has 0 spiro atoms. The van der Waals surface area contributed by atoms with Crippen molar-refractivity contribution in [2.24, 2.45) is 5.92 Å². The third kappa shape index (κ3) is 2.81. The SMILES string of the molecule is CNCCC(=O)NC1CC(C)C1. The van der Waals surface area contributed by atoms with Crippen molar-refractivity contribution in [1.82, 2.24) is 10.6 Å². The van der Waals surface area contributed by atoms with Crippen LogP contribution in [0.15, 0.2) is 0 Å². The summed E-state index contributed by atoms with van der Waals surface area (Å²) in [5.41, 5.74) is 0. The first kappa shape index (κ1) is 9.52. The van der Waals surface area contributed by atoms with E-state index in [1.54, 1.807) is 0 Å². The molecule has 3 nitrogen and oxygen atoms in total. The highest BCUT2D eigenvalue weighted by atomic mass is 16.1. The van der Waals surface area contributed by atoms with Crippen molar-refractivity contribution >= 4 is 5.91 Å². The zero-order chi connectivity index (χ0) is 8.97. The molecule has 1 saturated carbocycles. The molecule has 2 N–H and O–H groups in total. The van der Waals surface area contributed by atoms with Crippen molar-refractivity contribution in [2.75, 3.05) is 13.6 Å². The molecule has 1 rings (SSSR count). The van der Waals surface area contributed by atoms with Crippen LogP contribution in [0.1, 0.15) is 26.2 Å². The highest BCUT2D eigenvalue weighted by Crippen LogP contribution is 2.26. The fourth-order valence-corrected chi connectivity index (χ4v) is 1.56. The van der Waals surface area contributed by atoms with Gasteiger partial charge in [-0.3, -0.25) is 4.79 Å². The minimum Gasteiger partial charge on any atom is -0.353 e. The Hall–Kier alpha value is -0.570. The quantitative estimate of drug-likeness (QED) is 0.645. The van der Waals surface area contributed by atoms with Crippen LogP contribution in [-0.2, 0) is 4.79 Å². The Morgan fingerprint density at radius 3 is 2.67 bits per heavy atom. The van der Waals surface area contributed by atoms with Crippen LogP contribution in [0, 0.1) is 5.92 Å². The van der Waals surface area contributed by atoms with E-state index in [2.05, 4.69) is 17.6 Å². The maximum absolute atomic E-state index is 11.2. The van der Waals surface area contributed by atoms with E-state index in [0.717, 1.165) is 25.3 Å². The lowest BCUT2D eigenvalue weighted by Crippen LogP contribution is -2.43. The van der Waals surface area contributed by atoms with Gasteiger partial charge in [-0.25, -0.2) is 0 Å². The second kappa shape index (κ2) is 4.45. The highest BCUT2D eigenvalue weighted by Gasteiger charge is 2.25. The summed E-state index contributed by atoms with van der Waals surface area (Å²) >= 11 is 0. The van der Waals surface area contributed by atoms with E-state index in [0.29, 0.717) is 12.5 Å². The lowest BCUT2D eigenvalue weighted by Gasteiger charge is -2.33. The minimum atomic E-state index is 0.182. The molecule has 0 aromatic heterocycles. The van der Waals surface area contributed by atoms with E-state index in [1.807, 2.05) is 7.05 Å². The number of hydrogen-bond acceptors (Lipinski definition) is 2. The Bertz CT molecular complexity index is 153. The van der Waals surface area contributed by atoms with Crippen LogP contribution in [-0.4, -0.2) is 25.5 Å². The Balaban J connectivity index is 2.03. The zero-order valence-corrected chi connectivity index (χ0v) is 7.89. The fraction of sp³-hybridized carbons (Fsp3) is 0.889. The molecule has 0 aromatic rings. The van der Waals surface area contributed by atoms with Crippen LogP contribution in [0.5, 0.6) is 0 Å². The average Bonchev–Trinajstić information content (AvgIpc) is 1.98. The standard InChI is InChI=1S/C9H18N2O/c1-7-5-8(6-7)11-9(12)3-4-10-2/h7-8,10H,3-6H2,1-2H3,(H,11,12). The van der Waals surface area contributed by atoms with Crippen LogP contribution >= 0.6 is 0 Å². The molecule has 0 bridgehead atoms. The molecule has 3 heteroatoms. The van der Waals surface area contributed by atoms with E-state index in [9.17, 15) is 4.79 Å². The average molecular weight is 170 g/mol. The maximum atomic E-state index is 11.2. The van der Waals surface area contributed by atoms with E-state index >= 15 is 0 Å². The van der Waals surface area contributed by atoms with Gasteiger partial charge in [0.1, 0.15) is 0 Å². The van der Waals surface area contributed by atoms with Gasteiger partial charge >= 0.3 is 0 Å². The monoisotopic (exact) mass is 170 g/mol. The summed E-state index contributed by atoms with van der Waals surface area (Å²) in [6.07, 6.45) is 2.91. The van der Waals surface area contributed by atoms with Crippen LogP contribution < -0.4 is 10.6 Å². The predicted molar refractivity (Wildman–Crippen MR) is 48.9 cm³/mol. The number of carbonyl (C=O) groups is 1. The Labute approximate surface area is 73.9 Å². The summed E-state index contributed by atoms with van der Waals surface area (Å²) in [5.74, 6) is 0.987. The van der Waals surface area contributed by atoms with Crippen LogP contribution in [0.4, 0.5) is 0 Å². The molecular weight excluding hydrogens is 152 g/mol. The van der Waals surface area contributed by atoms with Crippen molar-refractivity contribution < 1.29 is 4.79 Å². The van der Waals surface area contributed by atoms with E-state index < -0.39 is 0 Å². The summed E-state index contributed by atoms with van der Waals surface area (Å²) < 4.78 is 0. The second-order valence-electron chi connectivity index (χ2n) is 3.69.